The molecule has 0 saturated heterocycles. The minimum absolute atomic E-state index is 0.194. The summed E-state index contributed by atoms with van der Waals surface area (Å²) >= 11 is 3.41. The summed E-state index contributed by atoms with van der Waals surface area (Å²) < 4.78 is 8.27. The zero-order chi connectivity index (χ0) is 23.8. The van der Waals surface area contributed by atoms with Crippen LogP contribution in [0.3, 0.4) is 0 Å². The lowest BCUT2D eigenvalue weighted by molar-refractivity contribution is 0.103. The number of halogens is 1. The minimum atomic E-state index is -0.342. The molecule has 3 aromatic carbocycles. The van der Waals surface area contributed by atoms with Crippen molar-refractivity contribution in [1.82, 2.24) is 19.7 Å². The number of nitriles is 1. The lowest BCUT2D eigenvalue weighted by Crippen LogP contribution is -2.09. The molecule has 0 spiro atoms. The van der Waals surface area contributed by atoms with E-state index in [1.165, 1.54) is 10.9 Å². The van der Waals surface area contributed by atoms with Gasteiger partial charge in [0.2, 0.25) is 5.78 Å². The molecule has 0 radical (unpaired) electrons. The van der Waals surface area contributed by atoms with E-state index >= 15 is 0 Å². The number of aromatic nitrogens is 4. The predicted molar refractivity (Wildman–Crippen MR) is 131 cm³/mol. The van der Waals surface area contributed by atoms with Crippen LogP contribution >= 0.6 is 15.9 Å². The molecule has 34 heavy (non-hydrogen) atoms. The van der Waals surface area contributed by atoms with E-state index in [4.69, 9.17) is 15.7 Å². The van der Waals surface area contributed by atoms with Crippen molar-refractivity contribution in [3.63, 3.8) is 0 Å². The molecule has 166 valence electrons. The van der Waals surface area contributed by atoms with Crippen LogP contribution in [-0.2, 0) is 0 Å². The molecule has 0 amide bonds. The third-order valence-electron chi connectivity index (χ3n) is 5.31. The zero-order valence-electron chi connectivity index (χ0n) is 17.9. The summed E-state index contributed by atoms with van der Waals surface area (Å²) in [4.78, 5) is 20.5. The van der Waals surface area contributed by atoms with Crippen molar-refractivity contribution in [2.45, 2.75) is 6.92 Å². The Hall–Kier alpha value is -4.42. The van der Waals surface area contributed by atoms with E-state index in [0.29, 0.717) is 28.3 Å². The average Bonchev–Trinajstić information content (AvgIpc) is 3.42. The Morgan fingerprint density at radius 2 is 1.97 bits per heavy atom. The van der Waals surface area contributed by atoms with Crippen LogP contribution in [0.1, 0.15) is 27.3 Å². The van der Waals surface area contributed by atoms with Crippen molar-refractivity contribution in [2.75, 3.05) is 5.73 Å². The Morgan fingerprint density at radius 1 is 1.15 bits per heavy atom. The number of nitrogens with one attached hydrogen (secondary N) is 1. The summed E-state index contributed by atoms with van der Waals surface area (Å²) in [5, 5.41) is 13.4. The number of hydrogen-bond donors (Lipinski definition) is 2. The molecule has 2 heterocycles. The molecule has 8 nitrogen and oxygen atoms in total. The van der Waals surface area contributed by atoms with Crippen LogP contribution in [0.2, 0.25) is 0 Å². The van der Waals surface area contributed by atoms with E-state index in [0.717, 1.165) is 15.6 Å². The average molecular weight is 513 g/mol. The van der Waals surface area contributed by atoms with Gasteiger partial charge in [-0.25, -0.2) is 9.67 Å². The first-order valence-electron chi connectivity index (χ1n) is 10.3. The first-order chi connectivity index (χ1) is 16.4. The second-order valence-corrected chi connectivity index (χ2v) is 8.54. The van der Waals surface area contributed by atoms with E-state index in [1.54, 1.807) is 30.3 Å². The van der Waals surface area contributed by atoms with Crippen LogP contribution in [0.15, 0.2) is 71.3 Å². The number of carbonyl (C=O) groups is 1. The lowest BCUT2D eigenvalue weighted by Gasteiger charge is -2.11. The van der Waals surface area contributed by atoms with Crippen molar-refractivity contribution in [1.29, 1.82) is 5.26 Å². The molecule has 3 N–H and O–H groups in total. The molecule has 9 heteroatoms. The number of aryl methyl sites for hydroxylation is 1. The maximum absolute atomic E-state index is 13.1. The number of ketones is 1. The number of ether oxygens (including phenoxy) is 1. The highest BCUT2D eigenvalue weighted by atomic mass is 79.9. The number of fused-ring (bicyclic) bond motifs is 1. The van der Waals surface area contributed by atoms with Gasteiger partial charge in [-0.15, -0.1) is 0 Å². The number of nitrogen functional groups attached to an aromatic ring is 1. The fourth-order valence-corrected chi connectivity index (χ4v) is 3.98. The van der Waals surface area contributed by atoms with Gasteiger partial charge >= 0.3 is 0 Å². The summed E-state index contributed by atoms with van der Waals surface area (Å²) in [5.41, 5.74) is 10.1. The molecule has 0 fully saturated rings. The third kappa shape index (κ3) is 3.91. The predicted octanol–water partition coefficient (Wildman–Crippen LogP) is 5.30. The zero-order valence-corrected chi connectivity index (χ0v) is 19.5. The van der Waals surface area contributed by atoms with E-state index in [9.17, 15) is 4.79 Å². The van der Waals surface area contributed by atoms with E-state index in [2.05, 4.69) is 37.1 Å². The van der Waals surface area contributed by atoms with Crippen molar-refractivity contribution in [3.8, 4) is 23.3 Å². The number of nitrogens with zero attached hydrogens (tertiary/aromatic N) is 4. The number of rotatable bonds is 5. The molecule has 0 unspecified atom stereocenters. The van der Waals surface area contributed by atoms with Gasteiger partial charge in [0.05, 0.1) is 40.1 Å². The molecular formula is C25H17BrN6O2. The Kier molecular flexibility index (Phi) is 5.36. The molecule has 5 aromatic rings. The van der Waals surface area contributed by atoms with Crippen molar-refractivity contribution >= 4 is 38.6 Å². The molecule has 0 aliphatic rings. The monoisotopic (exact) mass is 512 g/mol. The van der Waals surface area contributed by atoms with Crippen LogP contribution in [0.25, 0.3) is 16.7 Å². The number of anilines is 1. The Labute approximate surface area is 202 Å². The van der Waals surface area contributed by atoms with Gasteiger partial charge < -0.3 is 15.5 Å². The Morgan fingerprint density at radius 3 is 2.76 bits per heavy atom. The number of aromatic amines is 1. The number of benzene rings is 3. The SMILES string of the molecule is Cc1cc(Oc2cccc(C#N)c2)ccc1-n1ncc(C(=O)c2nc3cc(Br)ccc3[nH]2)c1N. The summed E-state index contributed by atoms with van der Waals surface area (Å²) in [7, 11) is 0. The minimum Gasteiger partial charge on any atom is -0.457 e. The largest absolute Gasteiger partial charge is 0.457 e. The van der Waals surface area contributed by atoms with Crippen LogP contribution in [0.4, 0.5) is 5.82 Å². The highest BCUT2D eigenvalue weighted by Gasteiger charge is 2.21. The molecule has 0 aliphatic carbocycles. The fourth-order valence-electron chi connectivity index (χ4n) is 3.63. The quantitative estimate of drug-likeness (QED) is 0.308. The van der Waals surface area contributed by atoms with Gasteiger partial charge in [0.1, 0.15) is 17.3 Å². The number of nitrogens with two attached hydrogens (primary N) is 1. The summed E-state index contributed by atoms with van der Waals surface area (Å²) in [6.07, 6.45) is 1.44. The lowest BCUT2D eigenvalue weighted by atomic mass is 10.1. The van der Waals surface area contributed by atoms with Crippen molar-refractivity contribution in [2.24, 2.45) is 0 Å². The smallest absolute Gasteiger partial charge is 0.233 e. The number of carbonyl (C=O) groups excluding carboxylic acids is 1. The fraction of sp³-hybridized carbons (Fsp3) is 0.0400. The molecule has 0 bridgehead atoms. The standard InChI is InChI=1S/C25H17BrN6O2/c1-14-9-18(34-17-4-2-3-15(10-17)12-27)6-8-22(14)32-24(28)19(13-29-32)23(33)25-30-20-7-5-16(26)11-21(20)31-25/h2-11,13H,28H2,1H3,(H,30,31). The van der Waals surface area contributed by atoms with Gasteiger partial charge in [-0.3, -0.25) is 4.79 Å². The highest BCUT2D eigenvalue weighted by molar-refractivity contribution is 9.10. The van der Waals surface area contributed by atoms with Gasteiger partial charge in [0.15, 0.2) is 5.82 Å². The van der Waals surface area contributed by atoms with Gasteiger partial charge in [-0.2, -0.15) is 10.4 Å². The molecular weight excluding hydrogens is 496 g/mol. The molecule has 2 aromatic heterocycles. The van der Waals surface area contributed by atoms with Gasteiger partial charge in [-0.1, -0.05) is 22.0 Å². The first-order valence-corrected chi connectivity index (χ1v) is 11.0. The highest BCUT2D eigenvalue weighted by Crippen LogP contribution is 2.28. The van der Waals surface area contributed by atoms with Crippen LogP contribution in [-0.4, -0.2) is 25.5 Å². The van der Waals surface area contributed by atoms with Gasteiger partial charge in [0, 0.05) is 4.47 Å². The second-order valence-electron chi connectivity index (χ2n) is 7.62. The molecule has 5 rings (SSSR count). The first kappa shape index (κ1) is 21.4. The van der Waals surface area contributed by atoms with Gasteiger partial charge in [0.25, 0.3) is 0 Å². The van der Waals surface area contributed by atoms with E-state index < -0.39 is 0 Å². The number of imidazole rings is 1. The molecule has 0 aliphatic heterocycles. The Balaban J connectivity index is 1.43. The number of H-pyrrole nitrogens is 1. The molecule has 0 saturated carbocycles. The van der Waals surface area contributed by atoms with E-state index in [-0.39, 0.29) is 23.0 Å². The molecule has 0 atom stereocenters. The number of hydrogen-bond acceptors (Lipinski definition) is 6. The Bertz CT molecular complexity index is 1610. The third-order valence-corrected chi connectivity index (χ3v) is 5.80. The normalized spacial score (nSPS) is 10.9. The van der Waals surface area contributed by atoms with Crippen LogP contribution in [0, 0.1) is 18.3 Å². The van der Waals surface area contributed by atoms with Crippen LogP contribution in [0.5, 0.6) is 11.5 Å². The summed E-state index contributed by atoms with van der Waals surface area (Å²) in [6, 6.07) is 20.0. The summed E-state index contributed by atoms with van der Waals surface area (Å²) in [5.74, 6) is 1.23. The van der Waals surface area contributed by atoms with Crippen LogP contribution < -0.4 is 10.5 Å². The maximum atomic E-state index is 13.1. The maximum Gasteiger partial charge on any atom is 0.233 e. The van der Waals surface area contributed by atoms with E-state index in [1.807, 2.05) is 37.3 Å². The second kappa shape index (κ2) is 8.50. The topological polar surface area (TPSA) is 123 Å². The van der Waals surface area contributed by atoms with Crippen molar-refractivity contribution in [3.05, 3.63) is 93.8 Å². The van der Waals surface area contributed by atoms with Gasteiger partial charge in [-0.05, 0) is 67.1 Å². The van der Waals surface area contributed by atoms with Crippen molar-refractivity contribution < 1.29 is 9.53 Å². The summed E-state index contributed by atoms with van der Waals surface area (Å²) in [6.45, 7) is 1.90.